The Morgan fingerprint density at radius 1 is 1.43 bits per heavy atom. The van der Waals surface area contributed by atoms with Crippen molar-refractivity contribution in [3.05, 3.63) is 28.8 Å². The normalized spacial score (nSPS) is 10.5. The first-order valence-corrected chi connectivity index (χ1v) is 6.20. The molecule has 0 aromatic heterocycles. The van der Waals surface area contributed by atoms with E-state index in [9.17, 15) is 0 Å². The Morgan fingerprint density at radius 3 is 2.86 bits per heavy atom. The van der Waals surface area contributed by atoms with Crippen molar-refractivity contribution in [3.63, 3.8) is 0 Å². The van der Waals surface area contributed by atoms with Gasteiger partial charge in [0.25, 0.3) is 0 Å². The van der Waals surface area contributed by atoms with Gasteiger partial charge in [-0.1, -0.05) is 18.5 Å². The van der Waals surface area contributed by atoms with Crippen molar-refractivity contribution in [2.75, 3.05) is 19.3 Å². The second-order valence-electron chi connectivity index (χ2n) is 3.04. The van der Waals surface area contributed by atoms with Gasteiger partial charge >= 0.3 is 0 Å². The lowest BCUT2D eigenvalue weighted by molar-refractivity contribution is 0.783. The maximum atomic E-state index is 5.97. The number of hydrogen-bond donors (Lipinski definition) is 1. The summed E-state index contributed by atoms with van der Waals surface area (Å²) < 4.78 is 0. The highest BCUT2D eigenvalue weighted by Gasteiger charge is 2.02. The number of nitrogens with one attached hydrogen (secondary N) is 1. The molecular formula is C11H16ClNS. The van der Waals surface area contributed by atoms with Gasteiger partial charge in [-0.2, -0.15) is 0 Å². The second kappa shape index (κ2) is 6.33. The topological polar surface area (TPSA) is 12.0 Å². The molecule has 0 aliphatic heterocycles. The van der Waals surface area contributed by atoms with E-state index in [1.54, 1.807) is 0 Å². The monoisotopic (exact) mass is 229 g/mol. The largest absolute Gasteiger partial charge is 0.319 e. The van der Waals surface area contributed by atoms with Gasteiger partial charge in [0.05, 0.1) is 0 Å². The minimum absolute atomic E-state index is 0.830. The molecular weight excluding hydrogens is 214 g/mol. The van der Waals surface area contributed by atoms with E-state index in [4.69, 9.17) is 11.6 Å². The zero-order valence-electron chi connectivity index (χ0n) is 8.64. The predicted molar refractivity (Wildman–Crippen MR) is 65.5 cm³/mol. The van der Waals surface area contributed by atoms with Gasteiger partial charge in [-0.25, -0.2) is 0 Å². The summed E-state index contributed by atoms with van der Waals surface area (Å²) in [6.07, 6.45) is 1.04. The molecule has 1 rings (SSSR count). The fourth-order valence-electron chi connectivity index (χ4n) is 1.30. The quantitative estimate of drug-likeness (QED) is 0.779. The Bertz CT molecular complexity index is 289. The van der Waals surface area contributed by atoms with Crippen LogP contribution in [0.3, 0.4) is 0 Å². The van der Waals surface area contributed by atoms with Crippen LogP contribution >= 0.6 is 23.4 Å². The van der Waals surface area contributed by atoms with Crippen LogP contribution in [-0.2, 0) is 6.42 Å². The Kier molecular flexibility index (Phi) is 5.38. The van der Waals surface area contributed by atoms with Gasteiger partial charge in [-0.05, 0) is 49.5 Å². The van der Waals surface area contributed by atoms with E-state index in [0.717, 1.165) is 23.7 Å². The second-order valence-corrected chi connectivity index (χ2v) is 4.78. The smallest absolute Gasteiger partial charge is 0.0409 e. The summed E-state index contributed by atoms with van der Waals surface area (Å²) in [7, 11) is 1.97. The minimum Gasteiger partial charge on any atom is -0.319 e. The molecule has 0 fully saturated rings. The van der Waals surface area contributed by atoms with Crippen molar-refractivity contribution < 1.29 is 0 Å². The number of hydrogen-bond acceptors (Lipinski definition) is 2. The van der Waals surface area contributed by atoms with Gasteiger partial charge in [0.1, 0.15) is 0 Å². The molecule has 0 bridgehead atoms. The van der Waals surface area contributed by atoms with Crippen LogP contribution in [0.4, 0.5) is 0 Å². The third-order valence-electron chi connectivity index (χ3n) is 1.97. The lowest BCUT2D eigenvalue weighted by Crippen LogP contribution is -2.10. The first-order chi connectivity index (χ1) is 6.77. The summed E-state index contributed by atoms with van der Waals surface area (Å²) in [5.41, 5.74) is 1.35. The van der Waals surface area contributed by atoms with Crippen LogP contribution in [-0.4, -0.2) is 19.3 Å². The third kappa shape index (κ3) is 3.52. The van der Waals surface area contributed by atoms with Crippen molar-refractivity contribution in [2.45, 2.75) is 18.2 Å². The summed E-state index contributed by atoms with van der Waals surface area (Å²) in [4.78, 5) is 1.35. The summed E-state index contributed by atoms with van der Waals surface area (Å²) in [6.45, 7) is 3.17. The molecule has 14 heavy (non-hydrogen) atoms. The Balaban J connectivity index is 2.79. The summed E-state index contributed by atoms with van der Waals surface area (Å²) >= 11 is 7.84. The van der Waals surface area contributed by atoms with E-state index in [0.29, 0.717) is 0 Å². The Labute approximate surface area is 95.2 Å². The number of benzene rings is 1. The van der Waals surface area contributed by atoms with Crippen LogP contribution in [0.25, 0.3) is 0 Å². The number of likely N-dealkylation sites (N-methyl/N-ethyl adjacent to an activating group) is 1. The van der Waals surface area contributed by atoms with Crippen LogP contribution in [0, 0.1) is 0 Å². The molecule has 0 atom stereocenters. The van der Waals surface area contributed by atoms with E-state index in [1.807, 2.05) is 24.9 Å². The van der Waals surface area contributed by atoms with Gasteiger partial charge in [0, 0.05) is 9.92 Å². The zero-order chi connectivity index (χ0) is 10.4. The average Bonchev–Trinajstić information content (AvgIpc) is 2.18. The standard InChI is InChI=1S/C11H16ClNS/c1-3-14-11-5-4-10(12)8-9(11)6-7-13-2/h4-5,8,13H,3,6-7H2,1-2H3. The zero-order valence-corrected chi connectivity index (χ0v) is 10.2. The van der Waals surface area contributed by atoms with Gasteiger partial charge in [-0.3, -0.25) is 0 Å². The first-order valence-electron chi connectivity index (χ1n) is 4.83. The van der Waals surface area contributed by atoms with E-state index >= 15 is 0 Å². The van der Waals surface area contributed by atoms with Gasteiger partial charge in [0.2, 0.25) is 0 Å². The molecule has 0 radical (unpaired) electrons. The van der Waals surface area contributed by atoms with Crippen molar-refractivity contribution in [1.29, 1.82) is 0 Å². The molecule has 1 N–H and O–H groups in total. The molecule has 78 valence electrons. The first kappa shape index (κ1) is 11.9. The third-order valence-corrected chi connectivity index (χ3v) is 3.20. The number of thioether (sulfide) groups is 1. The Hall–Kier alpha value is -0.180. The van der Waals surface area contributed by atoms with Crippen LogP contribution in [0.2, 0.25) is 5.02 Å². The van der Waals surface area contributed by atoms with Gasteiger partial charge in [-0.15, -0.1) is 11.8 Å². The molecule has 0 unspecified atom stereocenters. The molecule has 0 aliphatic carbocycles. The van der Waals surface area contributed by atoms with E-state index in [-0.39, 0.29) is 0 Å². The maximum Gasteiger partial charge on any atom is 0.0409 e. The molecule has 1 nitrogen and oxygen atoms in total. The number of rotatable bonds is 5. The highest BCUT2D eigenvalue weighted by molar-refractivity contribution is 7.99. The molecule has 0 saturated carbocycles. The van der Waals surface area contributed by atoms with Crippen molar-refractivity contribution in [1.82, 2.24) is 5.32 Å². The molecule has 0 aliphatic rings. The van der Waals surface area contributed by atoms with Crippen LogP contribution < -0.4 is 5.32 Å². The van der Waals surface area contributed by atoms with Gasteiger partial charge in [0.15, 0.2) is 0 Å². The highest BCUT2D eigenvalue weighted by atomic mass is 35.5. The lowest BCUT2D eigenvalue weighted by Gasteiger charge is -2.08. The minimum atomic E-state index is 0.830. The van der Waals surface area contributed by atoms with Crippen molar-refractivity contribution >= 4 is 23.4 Å². The average molecular weight is 230 g/mol. The highest BCUT2D eigenvalue weighted by Crippen LogP contribution is 2.25. The predicted octanol–water partition coefficient (Wildman–Crippen LogP) is 3.21. The fraction of sp³-hybridized carbons (Fsp3) is 0.455. The molecule has 3 heteroatoms. The van der Waals surface area contributed by atoms with Crippen LogP contribution in [0.15, 0.2) is 23.1 Å². The SMILES string of the molecule is CCSc1ccc(Cl)cc1CCNC. The van der Waals surface area contributed by atoms with Crippen LogP contribution in [0.5, 0.6) is 0 Å². The Morgan fingerprint density at radius 2 is 2.21 bits per heavy atom. The van der Waals surface area contributed by atoms with Gasteiger partial charge < -0.3 is 5.32 Å². The molecule has 0 amide bonds. The summed E-state index contributed by atoms with van der Waals surface area (Å²) in [6, 6.07) is 6.14. The lowest BCUT2D eigenvalue weighted by atomic mass is 10.1. The van der Waals surface area contributed by atoms with Crippen LogP contribution in [0.1, 0.15) is 12.5 Å². The van der Waals surface area contributed by atoms with Crippen molar-refractivity contribution in [3.8, 4) is 0 Å². The molecule has 0 spiro atoms. The molecule has 1 aromatic rings. The molecule has 0 heterocycles. The van der Waals surface area contributed by atoms with E-state index in [2.05, 4.69) is 24.4 Å². The number of halogens is 1. The van der Waals surface area contributed by atoms with E-state index in [1.165, 1.54) is 10.5 Å². The summed E-state index contributed by atoms with van der Waals surface area (Å²) in [5, 5.41) is 3.98. The van der Waals surface area contributed by atoms with E-state index < -0.39 is 0 Å². The maximum absolute atomic E-state index is 5.97. The van der Waals surface area contributed by atoms with Crippen molar-refractivity contribution in [2.24, 2.45) is 0 Å². The molecule has 1 aromatic carbocycles. The molecule has 0 saturated heterocycles. The summed E-state index contributed by atoms with van der Waals surface area (Å²) in [5.74, 6) is 1.11. The fourth-order valence-corrected chi connectivity index (χ4v) is 2.32.